The molecule has 1 aromatic carbocycles. The van der Waals surface area contributed by atoms with Crippen LogP contribution in [0.3, 0.4) is 0 Å². The smallest absolute Gasteiger partial charge is 0.326 e. The third kappa shape index (κ3) is 4.44. The van der Waals surface area contributed by atoms with Crippen molar-refractivity contribution in [1.82, 2.24) is 19.8 Å². The number of carbonyl (C=O) groups is 1. The van der Waals surface area contributed by atoms with Gasteiger partial charge in [0.1, 0.15) is 0 Å². The molecule has 0 unspecified atom stereocenters. The number of aromatic amines is 1. The zero-order valence-corrected chi connectivity index (χ0v) is 15.7. The van der Waals surface area contributed by atoms with Crippen LogP contribution in [0.4, 0.5) is 0 Å². The van der Waals surface area contributed by atoms with E-state index >= 15 is 0 Å². The summed E-state index contributed by atoms with van der Waals surface area (Å²) in [6, 6.07) is 5.22. The van der Waals surface area contributed by atoms with Gasteiger partial charge in [-0.2, -0.15) is 10.2 Å². The van der Waals surface area contributed by atoms with Gasteiger partial charge in [-0.3, -0.25) is 9.36 Å². The quantitative estimate of drug-likeness (QED) is 0.658. The first-order valence-corrected chi connectivity index (χ1v) is 8.97. The van der Waals surface area contributed by atoms with Crippen molar-refractivity contribution in [3.63, 3.8) is 0 Å². The first-order chi connectivity index (χ1) is 12.9. The van der Waals surface area contributed by atoms with Crippen molar-refractivity contribution in [2.24, 2.45) is 10.2 Å². The summed E-state index contributed by atoms with van der Waals surface area (Å²) in [5.74, 6) is 2.41. The molecule has 8 heteroatoms. The Hall–Kier alpha value is -2.92. The predicted molar refractivity (Wildman–Crippen MR) is 104 cm³/mol. The van der Waals surface area contributed by atoms with Crippen molar-refractivity contribution in [1.29, 1.82) is 0 Å². The maximum absolute atomic E-state index is 12.5. The molecular weight excluding hydrogens is 344 g/mol. The molecule has 8 nitrogen and oxygen atoms in total. The molecule has 0 saturated heterocycles. The molecule has 0 atom stereocenters. The summed E-state index contributed by atoms with van der Waals surface area (Å²) in [4.78, 5) is 29.5. The monoisotopic (exact) mass is 368 g/mol. The van der Waals surface area contributed by atoms with Gasteiger partial charge in [0.05, 0.1) is 11.0 Å². The molecule has 0 bridgehead atoms. The van der Waals surface area contributed by atoms with E-state index in [9.17, 15) is 9.59 Å². The van der Waals surface area contributed by atoms with E-state index in [0.717, 1.165) is 17.6 Å². The third-order valence-corrected chi connectivity index (χ3v) is 4.67. The molecule has 1 aliphatic rings. The largest absolute Gasteiger partial charge is 0.352 e. The van der Waals surface area contributed by atoms with E-state index in [1.54, 1.807) is 22.8 Å². The van der Waals surface area contributed by atoms with Gasteiger partial charge in [-0.05, 0) is 32.3 Å². The molecule has 1 aromatic heterocycles. The molecule has 27 heavy (non-hydrogen) atoms. The summed E-state index contributed by atoms with van der Waals surface area (Å²) >= 11 is 0. The lowest BCUT2D eigenvalue weighted by Crippen LogP contribution is -2.28. The number of likely N-dealkylation sites (N-methyl/N-ethyl adjacent to an activating group) is 1. The standard InChI is InChI=1S/C19H24N6O2/c1-4-5-8-19(22-23-19)9-10-20-17(26)14-6-7-15-16(13-14)25(18(27)21-15)12-11-24(2)3/h1,6-7,13H,5,8-12H2,2-3H3,(H,20,26)(H,21,27). The fourth-order valence-corrected chi connectivity index (χ4v) is 2.96. The van der Waals surface area contributed by atoms with Crippen LogP contribution in [-0.4, -0.2) is 53.2 Å². The first kappa shape index (κ1) is 18.9. The highest BCUT2D eigenvalue weighted by molar-refractivity contribution is 5.97. The molecular formula is C19H24N6O2. The van der Waals surface area contributed by atoms with Gasteiger partial charge in [-0.25, -0.2) is 4.79 Å². The highest BCUT2D eigenvalue weighted by atomic mass is 16.2. The van der Waals surface area contributed by atoms with Crippen LogP contribution in [0.5, 0.6) is 0 Å². The van der Waals surface area contributed by atoms with Gasteiger partial charge < -0.3 is 15.2 Å². The Morgan fingerprint density at radius 2 is 2.15 bits per heavy atom. The minimum Gasteiger partial charge on any atom is -0.352 e. The maximum Gasteiger partial charge on any atom is 0.326 e. The molecule has 0 fully saturated rings. The average Bonchev–Trinajstić information content (AvgIpc) is 3.33. The molecule has 0 saturated carbocycles. The number of nitrogens with zero attached hydrogens (tertiary/aromatic N) is 4. The first-order valence-electron chi connectivity index (χ1n) is 8.97. The summed E-state index contributed by atoms with van der Waals surface area (Å²) in [5.41, 5.74) is 1.39. The predicted octanol–water partition coefficient (Wildman–Crippen LogP) is 1.59. The van der Waals surface area contributed by atoms with Gasteiger partial charge in [0.15, 0.2) is 5.66 Å². The van der Waals surface area contributed by atoms with Gasteiger partial charge in [0, 0.05) is 44.5 Å². The number of carbonyl (C=O) groups excluding carboxylic acids is 1. The summed E-state index contributed by atoms with van der Waals surface area (Å²) in [5, 5.41) is 11.0. The number of amides is 1. The van der Waals surface area contributed by atoms with E-state index in [4.69, 9.17) is 6.42 Å². The summed E-state index contributed by atoms with van der Waals surface area (Å²) in [6.45, 7) is 1.75. The number of nitrogens with one attached hydrogen (secondary N) is 2. The van der Waals surface area contributed by atoms with Gasteiger partial charge in [0.25, 0.3) is 5.91 Å². The van der Waals surface area contributed by atoms with Gasteiger partial charge in [-0.1, -0.05) is 0 Å². The van der Waals surface area contributed by atoms with Crippen LogP contribution in [-0.2, 0) is 6.54 Å². The van der Waals surface area contributed by atoms with E-state index in [1.807, 2.05) is 19.0 Å². The number of fused-ring (bicyclic) bond motifs is 1. The van der Waals surface area contributed by atoms with E-state index in [-0.39, 0.29) is 11.6 Å². The molecule has 3 rings (SSSR count). The zero-order chi connectivity index (χ0) is 19.4. The number of H-pyrrole nitrogens is 1. The van der Waals surface area contributed by atoms with Crippen LogP contribution in [0.1, 0.15) is 29.6 Å². The highest BCUT2D eigenvalue weighted by Crippen LogP contribution is 2.36. The number of rotatable bonds is 9. The fourth-order valence-electron chi connectivity index (χ4n) is 2.96. The lowest BCUT2D eigenvalue weighted by molar-refractivity contribution is 0.0952. The molecule has 0 radical (unpaired) electrons. The molecule has 2 N–H and O–H groups in total. The molecule has 0 spiro atoms. The molecule has 2 aromatic rings. The Labute approximate surface area is 157 Å². The van der Waals surface area contributed by atoms with Crippen LogP contribution in [0.25, 0.3) is 11.0 Å². The second kappa shape index (κ2) is 7.76. The van der Waals surface area contributed by atoms with Crippen LogP contribution < -0.4 is 11.0 Å². The Morgan fingerprint density at radius 3 is 2.81 bits per heavy atom. The summed E-state index contributed by atoms with van der Waals surface area (Å²) in [6.07, 6.45) is 7.26. The average molecular weight is 368 g/mol. The minimum absolute atomic E-state index is 0.170. The Kier molecular flexibility index (Phi) is 5.42. The van der Waals surface area contributed by atoms with E-state index in [0.29, 0.717) is 37.9 Å². The van der Waals surface area contributed by atoms with Crippen molar-refractivity contribution < 1.29 is 4.79 Å². The van der Waals surface area contributed by atoms with E-state index in [1.165, 1.54) is 0 Å². The van der Waals surface area contributed by atoms with Crippen molar-refractivity contribution in [2.75, 3.05) is 27.2 Å². The number of terminal acetylenes is 1. The summed E-state index contributed by atoms with van der Waals surface area (Å²) < 4.78 is 1.66. The highest BCUT2D eigenvalue weighted by Gasteiger charge is 2.38. The van der Waals surface area contributed by atoms with Crippen molar-refractivity contribution in [2.45, 2.75) is 31.5 Å². The lowest BCUT2D eigenvalue weighted by Gasteiger charge is -2.11. The van der Waals surface area contributed by atoms with Crippen LogP contribution in [0, 0.1) is 12.3 Å². The van der Waals surface area contributed by atoms with Crippen LogP contribution in [0.2, 0.25) is 0 Å². The molecule has 1 aliphatic heterocycles. The van der Waals surface area contributed by atoms with Crippen molar-refractivity contribution in [3.8, 4) is 12.3 Å². The Balaban J connectivity index is 1.65. The maximum atomic E-state index is 12.5. The third-order valence-electron chi connectivity index (χ3n) is 4.67. The molecule has 142 valence electrons. The number of benzene rings is 1. The SMILES string of the molecule is C#CCCC1(CCNC(=O)c2ccc3[nH]c(=O)n(CCN(C)C)c3c2)N=N1. The lowest BCUT2D eigenvalue weighted by atomic mass is 10.0. The fraction of sp³-hybridized carbons (Fsp3) is 0.474. The zero-order valence-electron chi connectivity index (χ0n) is 15.7. The molecule has 0 aliphatic carbocycles. The van der Waals surface area contributed by atoms with Crippen LogP contribution >= 0.6 is 0 Å². The molecule has 1 amide bonds. The normalized spacial score (nSPS) is 14.4. The van der Waals surface area contributed by atoms with E-state index < -0.39 is 5.66 Å². The second-order valence-electron chi connectivity index (χ2n) is 7.01. The Bertz CT molecular complexity index is 957. The summed E-state index contributed by atoms with van der Waals surface area (Å²) in [7, 11) is 3.90. The minimum atomic E-state index is -0.406. The number of hydrogen-bond donors (Lipinski definition) is 2. The van der Waals surface area contributed by atoms with E-state index in [2.05, 4.69) is 26.4 Å². The number of hydrogen-bond acceptors (Lipinski definition) is 5. The molecule has 2 heterocycles. The van der Waals surface area contributed by atoms with Gasteiger partial charge >= 0.3 is 5.69 Å². The number of imidazole rings is 1. The Morgan fingerprint density at radius 1 is 1.37 bits per heavy atom. The van der Waals surface area contributed by atoms with Gasteiger partial charge in [0.2, 0.25) is 0 Å². The topological polar surface area (TPSA) is 94.8 Å². The van der Waals surface area contributed by atoms with Gasteiger partial charge in [-0.15, -0.1) is 12.3 Å². The second-order valence-corrected chi connectivity index (χ2v) is 7.01. The van der Waals surface area contributed by atoms with Crippen LogP contribution in [0.15, 0.2) is 33.2 Å². The van der Waals surface area contributed by atoms with Crippen molar-refractivity contribution >= 4 is 16.9 Å². The number of aromatic nitrogens is 2. The van der Waals surface area contributed by atoms with Crippen molar-refractivity contribution in [3.05, 3.63) is 34.2 Å².